The molecule has 0 bridgehead atoms. The fraction of sp³-hybridized carbons (Fsp3) is 0.867. The molecule has 1 aliphatic rings. The molecule has 1 atom stereocenters. The minimum absolute atomic E-state index is 0.0175. The van der Waals surface area contributed by atoms with E-state index in [9.17, 15) is 9.59 Å². The molecule has 20 heavy (non-hydrogen) atoms. The van der Waals surface area contributed by atoms with Crippen molar-refractivity contribution in [2.24, 2.45) is 5.41 Å². The number of carbonyl (C=O) groups is 2. The third-order valence-corrected chi connectivity index (χ3v) is 3.45. The average Bonchev–Trinajstić information content (AvgIpc) is 2.40. The van der Waals surface area contributed by atoms with E-state index in [4.69, 9.17) is 4.74 Å². The molecule has 0 aromatic heterocycles. The predicted molar refractivity (Wildman–Crippen MR) is 78.3 cm³/mol. The normalized spacial score (nSPS) is 21.7. The summed E-state index contributed by atoms with van der Waals surface area (Å²) < 4.78 is 5.67. The van der Waals surface area contributed by atoms with Crippen molar-refractivity contribution in [3.05, 3.63) is 0 Å². The summed E-state index contributed by atoms with van der Waals surface area (Å²) in [5.74, 6) is -0.0777. The molecule has 0 spiro atoms. The first-order valence-electron chi connectivity index (χ1n) is 7.29. The van der Waals surface area contributed by atoms with Gasteiger partial charge in [-0.15, -0.1) is 0 Å². The molecule has 0 aromatic carbocycles. The van der Waals surface area contributed by atoms with E-state index < -0.39 is 11.6 Å². The molecule has 2 amide bonds. The number of hydrogen-bond acceptors (Lipinski definition) is 3. The molecule has 1 saturated heterocycles. The highest BCUT2D eigenvalue weighted by atomic mass is 16.5. The van der Waals surface area contributed by atoms with Gasteiger partial charge in [0.15, 0.2) is 0 Å². The van der Waals surface area contributed by atoms with Crippen LogP contribution in [0.2, 0.25) is 0 Å². The lowest BCUT2D eigenvalue weighted by Crippen LogP contribution is -2.54. The van der Waals surface area contributed by atoms with Gasteiger partial charge in [-0.05, 0) is 26.2 Å². The first-order valence-corrected chi connectivity index (χ1v) is 7.29. The van der Waals surface area contributed by atoms with Gasteiger partial charge in [0.05, 0.1) is 5.60 Å². The van der Waals surface area contributed by atoms with Crippen LogP contribution >= 0.6 is 0 Å². The van der Waals surface area contributed by atoms with Gasteiger partial charge in [-0.3, -0.25) is 9.59 Å². The molecule has 1 aliphatic heterocycles. The lowest BCUT2D eigenvalue weighted by molar-refractivity contribution is -0.140. The summed E-state index contributed by atoms with van der Waals surface area (Å²) in [5, 5.41) is 2.85. The van der Waals surface area contributed by atoms with Gasteiger partial charge in [0, 0.05) is 26.1 Å². The minimum Gasteiger partial charge on any atom is -0.374 e. The van der Waals surface area contributed by atoms with Crippen LogP contribution in [0.25, 0.3) is 0 Å². The maximum absolute atomic E-state index is 12.7. The van der Waals surface area contributed by atoms with Crippen LogP contribution in [0, 0.1) is 5.41 Å². The van der Waals surface area contributed by atoms with E-state index in [0.717, 1.165) is 0 Å². The molecule has 1 heterocycles. The van der Waals surface area contributed by atoms with Crippen molar-refractivity contribution in [3.63, 3.8) is 0 Å². The molecule has 116 valence electrons. The Morgan fingerprint density at radius 1 is 1.25 bits per heavy atom. The zero-order chi connectivity index (χ0) is 15.6. The summed E-state index contributed by atoms with van der Waals surface area (Å²) in [6.07, 6.45) is 0.348. The molecule has 5 heteroatoms. The highest BCUT2D eigenvalue weighted by Gasteiger charge is 2.39. The number of nitrogens with one attached hydrogen (secondary N) is 1. The van der Waals surface area contributed by atoms with Gasteiger partial charge in [0.25, 0.3) is 0 Å². The van der Waals surface area contributed by atoms with E-state index >= 15 is 0 Å². The maximum Gasteiger partial charge on any atom is 0.245 e. The van der Waals surface area contributed by atoms with Gasteiger partial charge in [-0.25, -0.2) is 0 Å². The van der Waals surface area contributed by atoms with Crippen LogP contribution in [-0.2, 0) is 14.3 Å². The molecule has 0 aromatic rings. The number of rotatable bonds is 4. The molecule has 1 rings (SSSR count). The topological polar surface area (TPSA) is 58.6 Å². The second kappa shape index (κ2) is 6.12. The number of ether oxygens (including phenoxy) is 1. The summed E-state index contributed by atoms with van der Waals surface area (Å²) in [6, 6.07) is -0.477. The maximum atomic E-state index is 12.7. The van der Waals surface area contributed by atoms with Crippen molar-refractivity contribution in [1.29, 1.82) is 0 Å². The van der Waals surface area contributed by atoms with Gasteiger partial charge in [-0.2, -0.15) is 0 Å². The number of amides is 2. The quantitative estimate of drug-likeness (QED) is 0.852. The molecular formula is C15H28N2O3. The van der Waals surface area contributed by atoms with E-state index in [1.54, 1.807) is 4.90 Å². The Labute approximate surface area is 122 Å². The van der Waals surface area contributed by atoms with Gasteiger partial charge < -0.3 is 15.0 Å². The van der Waals surface area contributed by atoms with Crippen molar-refractivity contribution in [3.8, 4) is 0 Å². The summed E-state index contributed by atoms with van der Waals surface area (Å²) in [6.45, 7) is 13.3. The van der Waals surface area contributed by atoms with Crippen molar-refractivity contribution in [2.45, 2.75) is 59.6 Å². The van der Waals surface area contributed by atoms with E-state index in [1.165, 1.54) is 0 Å². The first-order chi connectivity index (χ1) is 9.07. The van der Waals surface area contributed by atoms with Crippen molar-refractivity contribution < 1.29 is 14.3 Å². The highest BCUT2D eigenvalue weighted by Crippen LogP contribution is 2.24. The molecule has 0 radical (unpaired) electrons. The van der Waals surface area contributed by atoms with E-state index in [1.807, 2.05) is 41.5 Å². The molecule has 5 nitrogen and oxygen atoms in total. The molecular weight excluding hydrogens is 256 g/mol. The summed E-state index contributed by atoms with van der Waals surface area (Å²) >= 11 is 0. The lowest BCUT2D eigenvalue weighted by Gasteiger charge is -2.36. The smallest absolute Gasteiger partial charge is 0.245 e. The number of carbonyl (C=O) groups excluding carboxylic acids is 2. The monoisotopic (exact) mass is 284 g/mol. The summed E-state index contributed by atoms with van der Waals surface area (Å²) in [7, 11) is 0. The van der Waals surface area contributed by atoms with E-state index in [2.05, 4.69) is 5.32 Å². The Kier molecular flexibility index (Phi) is 5.19. The Balaban J connectivity index is 2.90. The van der Waals surface area contributed by atoms with Crippen molar-refractivity contribution in [2.75, 3.05) is 19.7 Å². The molecule has 0 saturated carbocycles. The second-order valence-corrected chi connectivity index (χ2v) is 7.07. The SMILES string of the molecule is CCOC(C)(C)CN1CCC(=O)NC(C(C)(C)C)C1=O. The van der Waals surface area contributed by atoms with Gasteiger partial charge in [0.1, 0.15) is 6.04 Å². The summed E-state index contributed by atoms with van der Waals surface area (Å²) in [4.78, 5) is 26.2. The Morgan fingerprint density at radius 3 is 2.35 bits per heavy atom. The zero-order valence-corrected chi connectivity index (χ0v) is 13.6. The third-order valence-electron chi connectivity index (χ3n) is 3.45. The van der Waals surface area contributed by atoms with Crippen LogP contribution in [0.1, 0.15) is 48.0 Å². The zero-order valence-electron chi connectivity index (χ0n) is 13.6. The third kappa shape index (κ3) is 4.47. The van der Waals surface area contributed by atoms with Crippen LogP contribution in [0.5, 0.6) is 0 Å². The van der Waals surface area contributed by atoms with Crippen molar-refractivity contribution >= 4 is 11.8 Å². The standard InChI is InChI=1S/C15H28N2O3/c1-7-20-15(5,6)10-17-9-8-11(18)16-12(13(17)19)14(2,3)4/h12H,7-10H2,1-6H3,(H,16,18). The molecule has 1 unspecified atom stereocenters. The van der Waals surface area contributed by atoms with Gasteiger partial charge >= 0.3 is 0 Å². The molecule has 1 N–H and O–H groups in total. The van der Waals surface area contributed by atoms with Gasteiger partial charge in [-0.1, -0.05) is 20.8 Å². The number of nitrogens with zero attached hydrogens (tertiary/aromatic N) is 1. The highest BCUT2D eigenvalue weighted by molar-refractivity contribution is 5.90. The minimum atomic E-state index is -0.477. The van der Waals surface area contributed by atoms with Crippen LogP contribution in [0.15, 0.2) is 0 Å². The van der Waals surface area contributed by atoms with Crippen LogP contribution in [0.4, 0.5) is 0 Å². The predicted octanol–water partition coefficient (Wildman–Crippen LogP) is 1.56. The first kappa shape index (κ1) is 17.0. The van der Waals surface area contributed by atoms with Crippen LogP contribution in [0.3, 0.4) is 0 Å². The fourth-order valence-electron chi connectivity index (χ4n) is 2.46. The molecule has 1 fully saturated rings. The van der Waals surface area contributed by atoms with E-state index in [-0.39, 0.29) is 17.2 Å². The lowest BCUT2D eigenvalue weighted by atomic mass is 9.86. The van der Waals surface area contributed by atoms with Crippen molar-refractivity contribution in [1.82, 2.24) is 10.2 Å². The van der Waals surface area contributed by atoms with Crippen LogP contribution < -0.4 is 5.32 Å². The fourth-order valence-corrected chi connectivity index (χ4v) is 2.46. The van der Waals surface area contributed by atoms with E-state index in [0.29, 0.717) is 26.1 Å². The largest absolute Gasteiger partial charge is 0.374 e. The Morgan fingerprint density at radius 2 is 1.85 bits per heavy atom. The molecule has 0 aliphatic carbocycles. The van der Waals surface area contributed by atoms with Gasteiger partial charge in [0.2, 0.25) is 11.8 Å². The van der Waals surface area contributed by atoms with Crippen LogP contribution in [-0.4, -0.2) is 48.1 Å². The second-order valence-electron chi connectivity index (χ2n) is 7.07. The average molecular weight is 284 g/mol. The Hall–Kier alpha value is -1.10. The summed E-state index contributed by atoms with van der Waals surface area (Å²) in [5.41, 5.74) is -0.703. The number of hydrogen-bond donors (Lipinski definition) is 1. The Bertz CT molecular complexity index is 372.